The van der Waals surface area contributed by atoms with E-state index in [0.29, 0.717) is 25.2 Å². The smallest absolute Gasteiger partial charge is 0.451 e. The Bertz CT molecular complexity index is 287. The van der Waals surface area contributed by atoms with Crippen LogP contribution in [-0.4, -0.2) is 33.8 Å². The summed E-state index contributed by atoms with van der Waals surface area (Å²) in [6.07, 6.45) is 1.99. The molecule has 0 unspecified atom stereocenters. The fraction of sp³-hybridized carbons (Fsp3) is 0.909. The Morgan fingerprint density at radius 2 is 2.06 bits per heavy atom. The van der Waals surface area contributed by atoms with Gasteiger partial charge in [0.25, 0.3) is 0 Å². The Labute approximate surface area is 102 Å². The van der Waals surface area contributed by atoms with Gasteiger partial charge in [0.15, 0.2) is 0 Å². The van der Waals surface area contributed by atoms with Gasteiger partial charge in [0, 0.05) is 0 Å². The van der Waals surface area contributed by atoms with E-state index >= 15 is 0 Å². The number of rotatable bonds is 5. The summed E-state index contributed by atoms with van der Waals surface area (Å²) < 4.78 is 0. The summed E-state index contributed by atoms with van der Waals surface area (Å²) in [5.74, 6) is -0.482. The minimum absolute atomic E-state index is 0.0891. The standard InChI is InChI=1S/C11H22BNO4/c1-7-6-11(13,10(14)15)9(8(7)2)4-3-5-12(16)17/h7-9,16-17H,3-6,13H2,1-2H3,(H,14,15)/t7-,8-,9+,11+/m1/s1. The molecule has 0 heterocycles. The molecule has 5 nitrogen and oxygen atoms in total. The molecule has 0 bridgehead atoms. The van der Waals surface area contributed by atoms with E-state index in [0.717, 1.165) is 0 Å². The Hall–Kier alpha value is -0.585. The highest BCUT2D eigenvalue weighted by Crippen LogP contribution is 2.45. The molecule has 98 valence electrons. The van der Waals surface area contributed by atoms with E-state index in [4.69, 9.17) is 15.8 Å². The van der Waals surface area contributed by atoms with Crippen molar-refractivity contribution in [2.24, 2.45) is 23.5 Å². The second kappa shape index (κ2) is 5.37. The third-order valence-electron chi connectivity index (χ3n) is 4.23. The Morgan fingerprint density at radius 3 is 2.53 bits per heavy atom. The van der Waals surface area contributed by atoms with Crippen molar-refractivity contribution in [2.75, 3.05) is 0 Å². The van der Waals surface area contributed by atoms with Crippen molar-refractivity contribution in [3.8, 4) is 0 Å². The Kier molecular flexibility index (Phi) is 4.58. The SMILES string of the molecule is C[C@@H]1[C@H](C)C[C@@](N)(C(=O)O)[C@H]1CCCB(O)O. The first kappa shape index (κ1) is 14.5. The summed E-state index contributed by atoms with van der Waals surface area (Å²) in [6.45, 7) is 4.05. The number of carboxylic acid groups (broad SMARTS) is 1. The topological polar surface area (TPSA) is 104 Å². The van der Waals surface area contributed by atoms with E-state index in [1.165, 1.54) is 0 Å². The molecule has 0 aliphatic heterocycles. The van der Waals surface area contributed by atoms with E-state index in [-0.39, 0.29) is 18.2 Å². The Balaban J connectivity index is 2.68. The zero-order valence-electron chi connectivity index (χ0n) is 10.5. The summed E-state index contributed by atoms with van der Waals surface area (Å²) >= 11 is 0. The highest BCUT2D eigenvalue weighted by atomic mass is 16.4. The third-order valence-corrected chi connectivity index (χ3v) is 4.23. The van der Waals surface area contributed by atoms with Crippen molar-refractivity contribution < 1.29 is 19.9 Å². The van der Waals surface area contributed by atoms with Crippen LogP contribution in [0.1, 0.15) is 33.1 Å². The minimum Gasteiger partial charge on any atom is -0.480 e. The maximum atomic E-state index is 11.3. The van der Waals surface area contributed by atoms with E-state index < -0.39 is 18.6 Å². The molecule has 0 amide bonds. The van der Waals surface area contributed by atoms with Gasteiger partial charge in [-0.1, -0.05) is 20.3 Å². The second-order valence-electron chi connectivity index (χ2n) is 5.40. The van der Waals surface area contributed by atoms with E-state index in [9.17, 15) is 9.90 Å². The largest absolute Gasteiger partial charge is 0.480 e. The summed E-state index contributed by atoms with van der Waals surface area (Å²) in [4.78, 5) is 11.3. The summed E-state index contributed by atoms with van der Waals surface area (Å²) in [5, 5.41) is 26.8. The van der Waals surface area contributed by atoms with Crippen LogP contribution < -0.4 is 5.73 Å². The molecule has 0 aromatic rings. The number of hydrogen-bond acceptors (Lipinski definition) is 4. The maximum absolute atomic E-state index is 11.3. The van der Waals surface area contributed by atoms with Gasteiger partial charge in [0.05, 0.1) is 0 Å². The molecule has 5 N–H and O–H groups in total. The lowest BCUT2D eigenvalue weighted by molar-refractivity contribution is -0.145. The van der Waals surface area contributed by atoms with Gasteiger partial charge in [-0.25, -0.2) is 0 Å². The zero-order valence-corrected chi connectivity index (χ0v) is 10.5. The lowest BCUT2D eigenvalue weighted by atomic mass is 9.76. The quantitative estimate of drug-likeness (QED) is 0.520. The van der Waals surface area contributed by atoms with Crippen molar-refractivity contribution in [3.63, 3.8) is 0 Å². The average molecular weight is 243 g/mol. The summed E-state index contributed by atoms with van der Waals surface area (Å²) in [7, 11) is -1.32. The molecule has 0 spiro atoms. The lowest BCUT2D eigenvalue weighted by Gasteiger charge is -2.29. The van der Waals surface area contributed by atoms with Crippen molar-refractivity contribution in [1.82, 2.24) is 0 Å². The number of hydrogen-bond donors (Lipinski definition) is 4. The molecule has 0 saturated heterocycles. The maximum Gasteiger partial charge on any atom is 0.451 e. The predicted molar refractivity (Wildman–Crippen MR) is 65.2 cm³/mol. The molecule has 1 rings (SSSR count). The summed E-state index contributed by atoms with van der Waals surface area (Å²) in [6, 6.07) is 0. The molecule has 0 aromatic carbocycles. The fourth-order valence-electron chi connectivity index (χ4n) is 3.02. The van der Waals surface area contributed by atoms with Crippen LogP contribution in [0, 0.1) is 17.8 Å². The monoisotopic (exact) mass is 243 g/mol. The van der Waals surface area contributed by atoms with Crippen LogP contribution in [0.3, 0.4) is 0 Å². The van der Waals surface area contributed by atoms with Gasteiger partial charge in [0.1, 0.15) is 5.54 Å². The zero-order chi connectivity index (χ0) is 13.2. The van der Waals surface area contributed by atoms with Crippen LogP contribution in [0.15, 0.2) is 0 Å². The van der Waals surface area contributed by atoms with Crippen molar-refractivity contribution in [3.05, 3.63) is 0 Å². The molecule has 1 aliphatic rings. The highest BCUT2D eigenvalue weighted by molar-refractivity contribution is 6.40. The number of aliphatic carboxylic acids is 1. The average Bonchev–Trinajstić information content (AvgIpc) is 2.42. The van der Waals surface area contributed by atoms with Crippen molar-refractivity contribution in [1.29, 1.82) is 0 Å². The molecule has 0 radical (unpaired) electrons. The van der Waals surface area contributed by atoms with Crippen LogP contribution in [0.4, 0.5) is 0 Å². The van der Waals surface area contributed by atoms with Crippen molar-refractivity contribution >= 4 is 13.1 Å². The van der Waals surface area contributed by atoms with Crippen LogP contribution >= 0.6 is 0 Å². The molecule has 17 heavy (non-hydrogen) atoms. The van der Waals surface area contributed by atoms with Gasteiger partial charge in [-0.05, 0) is 36.9 Å². The summed E-state index contributed by atoms with van der Waals surface area (Å²) in [5.41, 5.74) is 4.87. The molecule has 1 saturated carbocycles. The van der Waals surface area contributed by atoms with Gasteiger partial charge in [-0.15, -0.1) is 0 Å². The number of nitrogens with two attached hydrogens (primary N) is 1. The third kappa shape index (κ3) is 3.00. The first-order valence-corrected chi connectivity index (χ1v) is 6.17. The highest BCUT2D eigenvalue weighted by Gasteiger charge is 2.52. The predicted octanol–water partition coefficient (Wildman–Crippen LogP) is 0.314. The van der Waals surface area contributed by atoms with E-state index in [1.54, 1.807) is 0 Å². The molecule has 6 heteroatoms. The van der Waals surface area contributed by atoms with Gasteiger partial charge in [-0.2, -0.15) is 0 Å². The van der Waals surface area contributed by atoms with Crippen molar-refractivity contribution in [2.45, 2.75) is 45.0 Å². The van der Waals surface area contributed by atoms with Gasteiger partial charge < -0.3 is 20.9 Å². The lowest BCUT2D eigenvalue weighted by Crippen LogP contribution is -2.51. The molecular weight excluding hydrogens is 221 g/mol. The number of carbonyl (C=O) groups is 1. The van der Waals surface area contributed by atoms with E-state index in [2.05, 4.69) is 0 Å². The first-order chi connectivity index (χ1) is 7.79. The minimum atomic E-state index is -1.32. The van der Waals surface area contributed by atoms with Gasteiger partial charge in [0.2, 0.25) is 0 Å². The molecule has 0 aromatic heterocycles. The van der Waals surface area contributed by atoms with Crippen LogP contribution in [-0.2, 0) is 4.79 Å². The molecule has 1 aliphatic carbocycles. The van der Waals surface area contributed by atoms with Crippen LogP contribution in [0.25, 0.3) is 0 Å². The molecule has 1 fully saturated rings. The first-order valence-electron chi connectivity index (χ1n) is 6.17. The fourth-order valence-corrected chi connectivity index (χ4v) is 3.02. The van der Waals surface area contributed by atoms with Gasteiger partial charge in [-0.3, -0.25) is 4.79 Å². The van der Waals surface area contributed by atoms with E-state index in [1.807, 2.05) is 13.8 Å². The van der Waals surface area contributed by atoms with Gasteiger partial charge >= 0.3 is 13.1 Å². The Morgan fingerprint density at radius 1 is 1.47 bits per heavy atom. The second-order valence-corrected chi connectivity index (χ2v) is 5.40. The molecule has 4 atom stereocenters. The number of carboxylic acids is 1. The molecular formula is C11H22BNO4. The normalized spacial score (nSPS) is 37.1. The van der Waals surface area contributed by atoms with Crippen LogP contribution in [0.2, 0.25) is 6.32 Å². The van der Waals surface area contributed by atoms with Crippen LogP contribution in [0.5, 0.6) is 0 Å².